The lowest BCUT2D eigenvalue weighted by Crippen LogP contribution is -2.42. The predicted molar refractivity (Wildman–Crippen MR) is 86.2 cm³/mol. The van der Waals surface area contributed by atoms with Crippen LogP contribution in [-0.2, 0) is 4.79 Å². The standard InChI is InChI=1S/C15H23N3OS/c1-2-18(13-7-4-3-5-8-13)10-6-9-16-15(19)14-11-20-12-17-14/h3-5,7-8,14,17H,2,6,9-12H2,1H3,(H,16,19). The number of benzene rings is 1. The molecule has 0 saturated carbocycles. The fraction of sp³-hybridized carbons (Fsp3) is 0.533. The summed E-state index contributed by atoms with van der Waals surface area (Å²) in [7, 11) is 0. The zero-order valence-corrected chi connectivity index (χ0v) is 12.8. The van der Waals surface area contributed by atoms with Crippen molar-refractivity contribution in [3.63, 3.8) is 0 Å². The van der Waals surface area contributed by atoms with E-state index in [1.54, 1.807) is 11.8 Å². The molecule has 1 aromatic carbocycles. The minimum Gasteiger partial charge on any atom is -0.372 e. The van der Waals surface area contributed by atoms with Crippen molar-refractivity contribution in [3.05, 3.63) is 30.3 Å². The minimum atomic E-state index is -0.00333. The van der Waals surface area contributed by atoms with Gasteiger partial charge in [-0.25, -0.2) is 0 Å². The number of amides is 1. The Morgan fingerprint density at radius 2 is 2.25 bits per heavy atom. The van der Waals surface area contributed by atoms with Crippen LogP contribution in [0.5, 0.6) is 0 Å². The molecule has 5 heteroatoms. The number of carbonyl (C=O) groups excluding carboxylic acids is 1. The van der Waals surface area contributed by atoms with Gasteiger partial charge in [0.25, 0.3) is 0 Å². The third kappa shape index (κ3) is 4.42. The summed E-state index contributed by atoms with van der Waals surface area (Å²) in [6, 6.07) is 10.4. The van der Waals surface area contributed by atoms with E-state index in [-0.39, 0.29) is 11.9 Å². The van der Waals surface area contributed by atoms with Crippen LogP contribution in [0.4, 0.5) is 5.69 Å². The molecule has 4 nitrogen and oxygen atoms in total. The summed E-state index contributed by atoms with van der Waals surface area (Å²) < 4.78 is 0. The summed E-state index contributed by atoms with van der Waals surface area (Å²) in [5.41, 5.74) is 1.25. The van der Waals surface area contributed by atoms with Crippen LogP contribution in [-0.4, -0.2) is 43.2 Å². The summed E-state index contributed by atoms with van der Waals surface area (Å²) in [4.78, 5) is 14.2. The van der Waals surface area contributed by atoms with Crippen LogP contribution >= 0.6 is 11.8 Å². The number of rotatable bonds is 7. The van der Waals surface area contributed by atoms with E-state index in [2.05, 4.69) is 46.7 Å². The van der Waals surface area contributed by atoms with E-state index in [9.17, 15) is 4.79 Å². The van der Waals surface area contributed by atoms with Crippen molar-refractivity contribution in [1.29, 1.82) is 0 Å². The average Bonchev–Trinajstić information content (AvgIpc) is 3.02. The van der Waals surface area contributed by atoms with Gasteiger partial charge in [-0.2, -0.15) is 0 Å². The summed E-state index contributed by atoms with van der Waals surface area (Å²) in [6.45, 7) is 4.85. The number of thioether (sulfide) groups is 1. The lowest BCUT2D eigenvalue weighted by atomic mass is 10.2. The molecule has 0 aromatic heterocycles. The summed E-state index contributed by atoms with van der Waals surface area (Å²) in [6.07, 6.45) is 0.967. The Morgan fingerprint density at radius 1 is 1.45 bits per heavy atom. The van der Waals surface area contributed by atoms with Gasteiger partial charge in [0.05, 0.1) is 6.04 Å². The van der Waals surface area contributed by atoms with Crippen molar-refractivity contribution in [2.24, 2.45) is 0 Å². The van der Waals surface area contributed by atoms with Gasteiger partial charge in [0, 0.05) is 37.0 Å². The van der Waals surface area contributed by atoms with Gasteiger partial charge in [0.15, 0.2) is 0 Å². The Kier molecular flexibility index (Phi) is 6.21. The quantitative estimate of drug-likeness (QED) is 0.751. The minimum absolute atomic E-state index is 0.00333. The van der Waals surface area contributed by atoms with Gasteiger partial charge in [-0.05, 0) is 25.5 Å². The van der Waals surface area contributed by atoms with Crippen LogP contribution in [0, 0.1) is 0 Å². The second kappa shape index (κ2) is 8.17. The molecule has 2 rings (SSSR count). The number of nitrogens with zero attached hydrogens (tertiary/aromatic N) is 1. The molecule has 0 radical (unpaired) electrons. The molecule has 1 fully saturated rings. The van der Waals surface area contributed by atoms with Crippen molar-refractivity contribution in [3.8, 4) is 0 Å². The molecule has 1 heterocycles. The lowest BCUT2D eigenvalue weighted by molar-refractivity contribution is -0.122. The fourth-order valence-corrected chi connectivity index (χ4v) is 3.22. The maximum absolute atomic E-state index is 11.8. The molecule has 1 amide bonds. The third-order valence-corrected chi connectivity index (χ3v) is 4.38. The number of carbonyl (C=O) groups is 1. The van der Waals surface area contributed by atoms with Crippen molar-refractivity contribution in [2.45, 2.75) is 19.4 Å². The predicted octanol–water partition coefficient (Wildman–Crippen LogP) is 1.68. The molecule has 1 saturated heterocycles. The molecule has 0 spiro atoms. The molecular formula is C15H23N3OS. The first-order valence-corrected chi connectivity index (χ1v) is 8.35. The Hall–Kier alpha value is -1.20. The van der Waals surface area contributed by atoms with Crippen LogP contribution in [0.25, 0.3) is 0 Å². The van der Waals surface area contributed by atoms with E-state index >= 15 is 0 Å². The second-order valence-electron chi connectivity index (χ2n) is 4.83. The molecule has 1 aromatic rings. The van der Waals surface area contributed by atoms with Crippen LogP contribution in [0.1, 0.15) is 13.3 Å². The molecule has 1 unspecified atom stereocenters. The molecular weight excluding hydrogens is 270 g/mol. The van der Waals surface area contributed by atoms with Gasteiger partial charge in [0.2, 0.25) is 5.91 Å². The Bertz CT molecular complexity index is 407. The van der Waals surface area contributed by atoms with E-state index in [1.807, 2.05) is 6.07 Å². The maximum Gasteiger partial charge on any atom is 0.238 e. The van der Waals surface area contributed by atoms with Gasteiger partial charge in [-0.3, -0.25) is 10.1 Å². The molecule has 2 N–H and O–H groups in total. The van der Waals surface area contributed by atoms with Gasteiger partial charge in [-0.15, -0.1) is 11.8 Å². The zero-order valence-electron chi connectivity index (χ0n) is 12.0. The number of para-hydroxylation sites is 1. The highest BCUT2D eigenvalue weighted by Crippen LogP contribution is 2.13. The van der Waals surface area contributed by atoms with Gasteiger partial charge < -0.3 is 10.2 Å². The molecule has 0 bridgehead atoms. The topological polar surface area (TPSA) is 44.4 Å². The van der Waals surface area contributed by atoms with Crippen LogP contribution in [0.2, 0.25) is 0 Å². The number of anilines is 1. The maximum atomic E-state index is 11.8. The molecule has 1 aliphatic heterocycles. The molecule has 20 heavy (non-hydrogen) atoms. The largest absolute Gasteiger partial charge is 0.372 e. The number of hydrogen-bond acceptors (Lipinski definition) is 4. The smallest absolute Gasteiger partial charge is 0.238 e. The van der Waals surface area contributed by atoms with E-state index in [0.717, 1.165) is 37.7 Å². The zero-order chi connectivity index (χ0) is 14.2. The summed E-state index contributed by atoms with van der Waals surface area (Å²) in [5, 5.41) is 6.20. The fourth-order valence-electron chi connectivity index (χ4n) is 2.28. The van der Waals surface area contributed by atoms with Crippen molar-refractivity contribution >= 4 is 23.4 Å². The van der Waals surface area contributed by atoms with Crippen LogP contribution in [0.15, 0.2) is 30.3 Å². The van der Waals surface area contributed by atoms with Crippen molar-refractivity contribution < 1.29 is 4.79 Å². The van der Waals surface area contributed by atoms with Crippen LogP contribution in [0.3, 0.4) is 0 Å². The Morgan fingerprint density at radius 3 is 2.90 bits per heavy atom. The first kappa shape index (κ1) is 15.2. The van der Waals surface area contributed by atoms with E-state index in [4.69, 9.17) is 0 Å². The summed E-state index contributed by atoms with van der Waals surface area (Å²) in [5.74, 6) is 1.91. The van der Waals surface area contributed by atoms with E-state index in [0.29, 0.717) is 0 Å². The van der Waals surface area contributed by atoms with Gasteiger partial charge >= 0.3 is 0 Å². The highest BCUT2D eigenvalue weighted by molar-refractivity contribution is 7.99. The average molecular weight is 293 g/mol. The number of hydrogen-bond donors (Lipinski definition) is 2. The number of nitrogens with one attached hydrogen (secondary N) is 2. The van der Waals surface area contributed by atoms with Crippen LogP contribution < -0.4 is 15.5 Å². The SMILES string of the molecule is CCN(CCCNC(=O)C1CSCN1)c1ccccc1. The normalized spacial score (nSPS) is 17.9. The third-order valence-electron chi connectivity index (χ3n) is 3.44. The second-order valence-corrected chi connectivity index (χ2v) is 5.86. The van der Waals surface area contributed by atoms with Gasteiger partial charge in [-0.1, -0.05) is 18.2 Å². The van der Waals surface area contributed by atoms with E-state index in [1.165, 1.54) is 5.69 Å². The highest BCUT2D eigenvalue weighted by Gasteiger charge is 2.21. The highest BCUT2D eigenvalue weighted by atomic mass is 32.2. The Labute approximate surface area is 125 Å². The van der Waals surface area contributed by atoms with Crippen molar-refractivity contribution in [2.75, 3.05) is 36.2 Å². The molecule has 110 valence electrons. The van der Waals surface area contributed by atoms with E-state index < -0.39 is 0 Å². The molecule has 0 aliphatic carbocycles. The monoisotopic (exact) mass is 293 g/mol. The molecule has 1 aliphatic rings. The Balaban J connectivity index is 1.68. The summed E-state index contributed by atoms with van der Waals surface area (Å²) >= 11 is 1.78. The lowest BCUT2D eigenvalue weighted by Gasteiger charge is -2.23. The van der Waals surface area contributed by atoms with Gasteiger partial charge in [0.1, 0.15) is 0 Å². The first-order valence-electron chi connectivity index (χ1n) is 7.20. The van der Waals surface area contributed by atoms with Crippen molar-refractivity contribution in [1.82, 2.24) is 10.6 Å². The molecule has 1 atom stereocenters. The first-order chi connectivity index (χ1) is 9.81.